The van der Waals surface area contributed by atoms with E-state index in [4.69, 9.17) is 15.0 Å². The van der Waals surface area contributed by atoms with Crippen LogP contribution < -0.4 is 5.32 Å². The predicted octanol–water partition coefficient (Wildman–Crippen LogP) is 3.47. The molecule has 2 fully saturated rings. The van der Waals surface area contributed by atoms with Gasteiger partial charge in [0, 0.05) is 18.3 Å². The van der Waals surface area contributed by atoms with Gasteiger partial charge in [0.1, 0.15) is 0 Å². The number of nitrogens with one attached hydrogen (secondary N) is 1. The summed E-state index contributed by atoms with van der Waals surface area (Å²) in [7, 11) is 0. The third-order valence-electron chi connectivity index (χ3n) is 5.11. The van der Waals surface area contributed by atoms with Gasteiger partial charge in [0.25, 0.3) is 0 Å². The van der Waals surface area contributed by atoms with Gasteiger partial charge in [0.05, 0.1) is 12.1 Å². The molecule has 3 rings (SSSR count). The largest absolute Gasteiger partial charge is 0.490 e. The Morgan fingerprint density at radius 3 is 2.15 bits per heavy atom. The van der Waals surface area contributed by atoms with Crippen molar-refractivity contribution in [1.82, 2.24) is 10.3 Å². The summed E-state index contributed by atoms with van der Waals surface area (Å²) in [6, 6.07) is 4.26. The van der Waals surface area contributed by atoms with E-state index in [1.807, 2.05) is 6.20 Å². The fraction of sp³-hybridized carbons (Fsp3) is 0.611. The molecule has 0 aliphatic heterocycles. The summed E-state index contributed by atoms with van der Waals surface area (Å²) in [4.78, 5) is 24.3. The van der Waals surface area contributed by atoms with Gasteiger partial charge in [-0.25, -0.2) is 4.79 Å². The maximum Gasteiger partial charge on any atom is 0.490 e. The quantitative estimate of drug-likeness (QED) is 0.690. The molecule has 2 saturated carbocycles. The average Bonchev–Trinajstić information content (AvgIpc) is 2.49. The number of carboxylic acids is 2. The number of alkyl halides is 3. The van der Waals surface area contributed by atoms with Crippen molar-refractivity contribution < 1.29 is 33.0 Å². The Morgan fingerprint density at radius 1 is 1.19 bits per heavy atom. The number of aromatic nitrogens is 1. The van der Waals surface area contributed by atoms with Crippen LogP contribution in [0.15, 0.2) is 18.3 Å². The zero-order valence-electron chi connectivity index (χ0n) is 14.8. The van der Waals surface area contributed by atoms with Crippen molar-refractivity contribution in [3.05, 3.63) is 29.6 Å². The number of nitrogens with zero attached hydrogens (tertiary/aromatic N) is 1. The molecule has 2 aliphatic rings. The highest BCUT2D eigenvalue weighted by Gasteiger charge is 2.39. The minimum atomic E-state index is -5.08. The first-order chi connectivity index (χ1) is 12.6. The van der Waals surface area contributed by atoms with Crippen LogP contribution in [0.1, 0.15) is 62.1 Å². The van der Waals surface area contributed by atoms with Crippen molar-refractivity contribution >= 4 is 11.9 Å². The maximum absolute atomic E-state index is 10.9. The van der Waals surface area contributed by atoms with Crippen molar-refractivity contribution in [3.8, 4) is 0 Å². The summed E-state index contributed by atoms with van der Waals surface area (Å²) in [6.07, 6.45) is 4.08. The Kier molecular flexibility index (Phi) is 6.80. The van der Waals surface area contributed by atoms with Crippen LogP contribution in [0.2, 0.25) is 0 Å². The second-order valence-electron chi connectivity index (χ2n) is 7.07. The lowest BCUT2D eigenvalue weighted by Crippen LogP contribution is -2.51. The minimum absolute atomic E-state index is 0.194. The van der Waals surface area contributed by atoms with E-state index in [2.05, 4.69) is 22.4 Å². The van der Waals surface area contributed by atoms with Gasteiger partial charge in [-0.2, -0.15) is 13.2 Å². The molecule has 0 spiro atoms. The second kappa shape index (κ2) is 8.69. The Hall–Kier alpha value is -2.16. The maximum atomic E-state index is 10.9. The van der Waals surface area contributed by atoms with Crippen molar-refractivity contribution in [1.29, 1.82) is 0 Å². The van der Waals surface area contributed by atoms with E-state index in [9.17, 15) is 18.0 Å². The molecule has 0 amide bonds. The minimum Gasteiger partial charge on any atom is -0.481 e. The number of rotatable bonds is 6. The van der Waals surface area contributed by atoms with Crippen LogP contribution in [-0.2, 0) is 16.1 Å². The third-order valence-corrected chi connectivity index (χ3v) is 5.11. The van der Waals surface area contributed by atoms with Crippen molar-refractivity contribution in [2.45, 2.75) is 69.1 Å². The molecule has 150 valence electrons. The Morgan fingerprint density at radius 2 is 1.81 bits per heavy atom. The molecule has 3 N–H and O–H groups in total. The fourth-order valence-corrected chi connectivity index (χ4v) is 3.11. The predicted molar refractivity (Wildman–Crippen MR) is 90.2 cm³/mol. The number of carbonyl (C=O) groups is 2. The molecule has 2 aliphatic carbocycles. The first-order valence-corrected chi connectivity index (χ1v) is 8.83. The number of carboxylic acid groups (broad SMARTS) is 2. The molecule has 0 atom stereocenters. The lowest BCUT2D eigenvalue weighted by atomic mass is 9.74. The summed E-state index contributed by atoms with van der Waals surface area (Å²) in [5.74, 6) is -2.76. The Balaban J connectivity index is 0.000000321. The van der Waals surface area contributed by atoms with Gasteiger partial charge in [-0.05, 0) is 49.7 Å². The molecule has 0 radical (unpaired) electrons. The van der Waals surface area contributed by atoms with E-state index < -0.39 is 18.1 Å². The lowest BCUT2D eigenvalue weighted by molar-refractivity contribution is -0.192. The Labute approximate surface area is 154 Å². The highest BCUT2D eigenvalue weighted by molar-refractivity contribution is 5.73. The zero-order valence-corrected chi connectivity index (χ0v) is 14.8. The van der Waals surface area contributed by atoms with E-state index in [0.29, 0.717) is 6.54 Å². The summed E-state index contributed by atoms with van der Waals surface area (Å²) < 4.78 is 31.7. The van der Waals surface area contributed by atoms with E-state index >= 15 is 0 Å². The first-order valence-electron chi connectivity index (χ1n) is 8.83. The summed E-state index contributed by atoms with van der Waals surface area (Å²) in [5, 5.41) is 19.5. The number of hydrogen-bond acceptors (Lipinski definition) is 4. The van der Waals surface area contributed by atoms with Crippen LogP contribution in [0.5, 0.6) is 0 Å². The monoisotopic (exact) mass is 388 g/mol. The SMILES string of the molecule is O=C(O)C(F)(F)F.O=C(O)CC1(NCc2ccc(C3CCC3)cn2)CCC1. The molecule has 1 aromatic rings. The molecular formula is C18H23F3N2O4. The number of hydrogen-bond donors (Lipinski definition) is 3. The smallest absolute Gasteiger partial charge is 0.481 e. The summed E-state index contributed by atoms with van der Waals surface area (Å²) in [5.41, 5.74) is 2.16. The normalized spacial score (nSPS) is 18.5. The van der Waals surface area contributed by atoms with E-state index in [1.54, 1.807) is 0 Å². The number of halogens is 3. The van der Waals surface area contributed by atoms with E-state index in [0.717, 1.165) is 30.9 Å². The molecule has 1 aromatic heterocycles. The molecule has 0 unspecified atom stereocenters. The molecule has 0 saturated heterocycles. The van der Waals surface area contributed by atoms with Gasteiger partial charge in [0.2, 0.25) is 0 Å². The van der Waals surface area contributed by atoms with Crippen LogP contribution in [0, 0.1) is 0 Å². The standard InChI is InChI=1S/C16H22N2O2.C2HF3O2/c19-15(20)9-16(7-2-8-16)18-11-14-6-5-13(10-17-14)12-3-1-4-12;3-2(4,5)1(6)7/h5-6,10,12,18H,1-4,7-9,11H2,(H,19,20);(H,6,7). The van der Waals surface area contributed by atoms with Crippen LogP contribution in [0.4, 0.5) is 13.2 Å². The summed E-state index contributed by atoms with van der Waals surface area (Å²) >= 11 is 0. The molecule has 9 heteroatoms. The third kappa shape index (κ3) is 6.20. The van der Waals surface area contributed by atoms with E-state index in [1.165, 1.54) is 24.8 Å². The lowest BCUT2D eigenvalue weighted by Gasteiger charge is -2.41. The molecular weight excluding hydrogens is 365 g/mol. The molecule has 6 nitrogen and oxygen atoms in total. The van der Waals surface area contributed by atoms with Gasteiger partial charge in [-0.1, -0.05) is 12.5 Å². The highest BCUT2D eigenvalue weighted by atomic mass is 19.4. The van der Waals surface area contributed by atoms with Gasteiger partial charge >= 0.3 is 18.1 Å². The van der Waals surface area contributed by atoms with Gasteiger partial charge in [0.15, 0.2) is 0 Å². The average molecular weight is 388 g/mol. The van der Waals surface area contributed by atoms with Crippen LogP contribution >= 0.6 is 0 Å². The topological polar surface area (TPSA) is 99.5 Å². The number of pyridine rings is 1. The van der Waals surface area contributed by atoms with Crippen molar-refractivity contribution in [2.24, 2.45) is 0 Å². The van der Waals surface area contributed by atoms with Crippen LogP contribution in [0.3, 0.4) is 0 Å². The first kappa shape index (κ1) is 21.1. The second-order valence-corrected chi connectivity index (χ2v) is 7.07. The molecule has 27 heavy (non-hydrogen) atoms. The number of aliphatic carboxylic acids is 2. The van der Waals surface area contributed by atoms with Crippen LogP contribution in [-0.4, -0.2) is 38.9 Å². The van der Waals surface area contributed by atoms with E-state index in [-0.39, 0.29) is 12.0 Å². The molecule has 0 bridgehead atoms. The molecule has 1 heterocycles. The fourth-order valence-electron chi connectivity index (χ4n) is 3.11. The summed E-state index contributed by atoms with van der Waals surface area (Å²) in [6.45, 7) is 0.665. The highest BCUT2D eigenvalue weighted by Crippen LogP contribution is 2.36. The Bertz CT molecular complexity index is 654. The van der Waals surface area contributed by atoms with Crippen LogP contribution in [0.25, 0.3) is 0 Å². The van der Waals surface area contributed by atoms with Gasteiger partial charge < -0.3 is 15.5 Å². The van der Waals surface area contributed by atoms with Crippen molar-refractivity contribution in [3.63, 3.8) is 0 Å². The molecule has 0 aromatic carbocycles. The van der Waals surface area contributed by atoms with Gasteiger partial charge in [-0.3, -0.25) is 9.78 Å². The van der Waals surface area contributed by atoms with Gasteiger partial charge in [-0.15, -0.1) is 0 Å². The zero-order chi connectivity index (χ0) is 20.1. The van der Waals surface area contributed by atoms with Crippen molar-refractivity contribution in [2.75, 3.05) is 0 Å².